The van der Waals surface area contributed by atoms with Crippen LogP contribution in [0.15, 0.2) is 54.6 Å². The minimum Gasteiger partial charge on any atom is -0.465 e. The van der Waals surface area contributed by atoms with Crippen LogP contribution in [-0.4, -0.2) is 29.6 Å². The van der Waals surface area contributed by atoms with Crippen molar-refractivity contribution in [1.29, 1.82) is 0 Å². The lowest BCUT2D eigenvalue weighted by Crippen LogP contribution is -2.08. The van der Waals surface area contributed by atoms with Crippen LogP contribution < -0.4 is 5.32 Å². The topological polar surface area (TPSA) is 64.1 Å². The van der Waals surface area contributed by atoms with Gasteiger partial charge in [0.05, 0.1) is 18.1 Å². The fraction of sp³-hybridized carbons (Fsp3) is 0.208. The smallest absolute Gasteiger partial charge is 0.337 e. The number of benzene rings is 2. The summed E-state index contributed by atoms with van der Waals surface area (Å²) in [5.74, 6) is 1.14. The summed E-state index contributed by atoms with van der Waals surface area (Å²) in [5.41, 5.74) is 3.86. The second-order valence-corrected chi connectivity index (χ2v) is 8.29. The number of rotatable bonds is 6. The quantitative estimate of drug-likeness (QED) is 0.425. The first kappa shape index (κ1) is 20.0. The van der Waals surface area contributed by atoms with Gasteiger partial charge in [-0.05, 0) is 43.5 Å². The number of anilines is 1. The molecule has 2 aromatic heterocycles. The monoisotopic (exact) mass is 417 g/mol. The largest absolute Gasteiger partial charge is 0.465 e. The number of nitrogens with zero attached hydrogens (tertiary/aromatic N) is 2. The lowest BCUT2D eigenvalue weighted by molar-refractivity contribution is 0.0601. The van der Waals surface area contributed by atoms with Crippen molar-refractivity contribution in [1.82, 2.24) is 9.97 Å². The Morgan fingerprint density at radius 3 is 2.47 bits per heavy atom. The molecule has 0 radical (unpaired) electrons. The third-order valence-electron chi connectivity index (χ3n) is 5.14. The van der Waals surface area contributed by atoms with Crippen LogP contribution in [0.2, 0.25) is 0 Å². The maximum atomic E-state index is 11.7. The van der Waals surface area contributed by atoms with Gasteiger partial charge in [0.1, 0.15) is 10.6 Å². The SMILES string of the molecule is COC(=O)c1ccc(-c2nc(NCCc3ccccc3)c3c(C)c(C)sc3n2)cc1. The van der Waals surface area contributed by atoms with Crippen molar-refractivity contribution < 1.29 is 9.53 Å². The molecule has 4 aromatic rings. The number of aromatic nitrogens is 2. The van der Waals surface area contributed by atoms with Gasteiger partial charge in [-0.3, -0.25) is 0 Å². The summed E-state index contributed by atoms with van der Waals surface area (Å²) in [6, 6.07) is 17.6. The number of aryl methyl sites for hydroxylation is 2. The summed E-state index contributed by atoms with van der Waals surface area (Å²) in [6.45, 7) is 5.01. The van der Waals surface area contributed by atoms with Gasteiger partial charge < -0.3 is 10.1 Å². The second kappa shape index (κ2) is 8.63. The molecule has 0 unspecified atom stereocenters. The van der Waals surface area contributed by atoms with Crippen LogP contribution in [0.4, 0.5) is 5.82 Å². The summed E-state index contributed by atoms with van der Waals surface area (Å²) in [5, 5.41) is 4.60. The van der Waals surface area contributed by atoms with E-state index in [0.717, 1.165) is 34.6 Å². The Labute approximate surface area is 179 Å². The Morgan fingerprint density at radius 2 is 1.77 bits per heavy atom. The molecule has 152 valence electrons. The highest BCUT2D eigenvalue weighted by molar-refractivity contribution is 7.18. The van der Waals surface area contributed by atoms with Crippen molar-refractivity contribution in [3.05, 3.63) is 76.2 Å². The molecular formula is C24H23N3O2S. The highest BCUT2D eigenvalue weighted by Crippen LogP contribution is 2.35. The van der Waals surface area contributed by atoms with E-state index in [4.69, 9.17) is 14.7 Å². The van der Waals surface area contributed by atoms with Crippen molar-refractivity contribution in [3.63, 3.8) is 0 Å². The average Bonchev–Trinajstić information content (AvgIpc) is 3.07. The van der Waals surface area contributed by atoms with E-state index in [1.54, 1.807) is 23.5 Å². The van der Waals surface area contributed by atoms with Gasteiger partial charge in [0, 0.05) is 17.0 Å². The summed E-state index contributed by atoms with van der Waals surface area (Å²) in [4.78, 5) is 23.5. The van der Waals surface area contributed by atoms with Crippen LogP contribution in [0.3, 0.4) is 0 Å². The number of thiophene rings is 1. The van der Waals surface area contributed by atoms with Crippen molar-refractivity contribution in [2.75, 3.05) is 19.0 Å². The molecule has 0 saturated carbocycles. The molecule has 0 fully saturated rings. The Bertz CT molecular complexity index is 1180. The number of methoxy groups -OCH3 is 1. The minimum absolute atomic E-state index is 0.356. The zero-order chi connectivity index (χ0) is 21.1. The van der Waals surface area contributed by atoms with Gasteiger partial charge in [-0.25, -0.2) is 14.8 Å². The lowest BCUT2D eigenvalue weighted by atomic mass is 10.1. The number of carbonyl (C=O) groups is 1. The number of ether oxygens (including phenoxy) is 1. The van der Waals surface area contributed by atoms with Gasteiger partial charge in [-0.2, -0.15) is 0 Å². The van der Waals surface area contributed by atoms with E-state index in [2.05, 4.69) is 43.4 Å². The van der Waals surface area contributed by atoms with Gasteiger partial charge in [-0.15, -0.1) is 11.3 Å². The van der Waals surface area contributed by atoms with Gasteiger partial charge in [-0.1, -0.05) is 42.5 Å². The van der Waals surface area contributed by atoms with Crippen molar-refractivity contribution >= 4 is 33.3 Å². The number of carbonyl (C=O) groups excluding carboxylic acids is 1. The maximum Gasteiger partial charge on any atom is 0.337 e. The molecule has 0 spiro atoms. The standard InChI is InChI=1S/C24H23N3O2S/c1-15-16(2)30-23-20(15)22(25-14-13-17-7-5-4-6-8-17)26-21(27-23)18-9-11-19(12-10-18)24(28)29-3/h4-12H,13-14H2,1-3H3,(H,25,26,27). The highest BCUT2D eigenvalue weighted by atomic mass is 32.1. The average molecular weight is 418 g/mol. The summed E-state index contributed by atoms with van der Waals surface area (Å²) >= 11 is 1.68. The fourth-order valence-corrected chi connectivity index (χ4v) is 4.38. The minimum atomic E-state index is -0.356. The predicted octanol–water partition coefficient (Wildman–Crippen LogP) is 5.42. The van der Waals surface area contributed by atoms with Crippen LogP contribution >= 0.6 is 11.3 Å². The molecule has 0 aliphatic heterocycles. The first-order chi connectivity index (χ1) is 14.6. The van der Waals surface area contributed by atoms with E-state index >= 15 is 0 Å². The zero-order valence-electron chi connectivity index (χ0n) is 17.2. The third-order valence-corrected chi connectivity index (χ3v) is 6.24. The Balaban J connectivity index is 1.67. The lowest BCUT2D eigenvalue weighted by Gasteiger charge is -2.10. The van der Waals surface area contributed by atoms with Crippen molar-refractivity contribution in [2.24, 2.45) is 0 Å². The van der Waals surface area contributed by atoms with E-state index in [-0.39, 0.29) is 5.97 Å². The van der Waals surface area contributed by atoms with Gasteiger partial charge in [0.15, 0.2) is 5.82 Å². The molecule has 0 atom stereocenters. The molecule has 0 aliphatic rings. The van der Waals surface area contributed by atoms with Crippen LogP contribution in [0.25, 0.3) is 21.6 Å². The summed E-state index contributed by atoms with van der Waals surface area (Å²) in [6.07, 6.45) is 0.914. The molecule has 0 saturated heterocycles. The van der Waals surface area contributed by atoms with Gasteiger partial charge >= 0.3 is 5.97 Å². The van der Waals surface area contributed by atoms with Crippen molar-refractivity contribution in [3.8, 4) is 11.4 Å². The number of nitrogens with one attached hydrogen (secondary N) is 1. The molecule has 0 amide bonds. The van der Waals surface area contributed by atoms with Gasteiger partial charge in [0.25, 0.3) is 0 Å². The van der Waals surface area contributed by atoms with Crippen LogP contribution in [0.5, 0.6) is 0 Å². The Hall–Kier alpha value is -3.25. The maximum absolute atomic E-state index is 11.7. The molecule has 30 heavy (non-hydrogen) atoms. The van der Waals surface area contributed by atoms with E-state index in [1.165, 1.54) is 23.1 Å². The number of hydrogen-bond acceptors (Lipinski definition) is 6. The molecule has 2 heterocycles. The molecule has 1 N–H and O–H groups in total. The van der Waals surface area contributed by atoms with Crippen LogP contribution in [0.1, 0.15) is 26.4 Å². The van der Waals surface area contributed by atoms with E-state index < -0.39 is 0 Å². The zero-order valence-corrected chi connectivity index (χ0v) is 18.0. The fourth-order valence-electron chi connectivity index (χ4n) is 3.35. The third kappa shape index (κ3) is 4.04. The molecule has 0 bridgehead atoms. The second-order valence-electron chi connectivity index (χ2n) is 7.09. The first-order valence-electron chi connectivity index (χ1n) is 9.81. The van der Waals surface area contributed by atoms with E-state index in [1.807, 2.05) is 18.2 Å². The van der Waals surface area contributed by atoms with Crippen LogP contribution in [0, 0.1) is 13.8 Å². The van der Waals surface area contributed by atoms with Crippen molar-refractivity contribution in [2.45, 2.75) is 20.3 Å². The Kier molecular flexibility index (Phi) is 5.77. The molecule has 6 heteroatoms. The van der Waals surface area contributed by atoms with Crippen LogP contribution in [-0.2, 0) is 11.2 Å². The molecule has 0 aliphatic carbocycles. The molecular weight excluding hydrogens is 394 g/mol. The molecule has 5 nitrogen and oxygen atoms in total. The molecule has 2 aromatic carbocycles. The highest BCUT2D eigenvalue weighted by Gasteiger charge is 2.16. The number of fused-ring (bicyclic) bond motifs is 1. The predicted molar refractivity (Wildman–Crippen MR) is 122 cm³/mol. The summed E-state index contributed by atoms with van der Waals surface area (Å²) < 4.78 is 4.78. The van der Waals surface area contributed by atoms with E-state index in [0.29, 0.717) is 11.4 Å². The van der Waals surface area contributed by atoms with E-state index in [9.17, 15) is 4.79 Å². The normalized spacial score (nSPS) is 10.9. The first-order valence-corrected chi connectivity index (χ1v) is 10.6. The molecule has 4 rings (SSSR count). The van der Waals surface area contributed by atoms with Gasteiger partial charge in [0.2, 0.25) is 0 Å². The Morgan fingerprint density at radius 1 is 1.03 bits per heavy atom. The summed E-state index contributed by atoms with van der Waals surface area (Å²) in [7, 11) is 1.38. The number of hydrogen-bond donors (Lipinski definition) is 1. The number of esters is 1.